The molecule has 0 spiro atoms. The molecule has 0 bridgehead atoms. The van der Waals surface area contributed by atoms with Crippen molar-refractivity contribution in [1.82, 2.24) is 14.8 Å². The predicted octanol–water partition coefficient (Wildman–Crippen LogP) is 2.68. The quantitative estimate of drug-likeness (QED) is 0.830. The van der Waals surface area contributed by atoms with Crippen LogP contribution in [0.15, 0.2) is 17.1 Å². The van der Waals surface area contributed by atoms with E-state index in [1.807, 2.05) is 4.57 Å². The second kappa shape index (κ2) is 9.93. The highest BCUT2D eigenvalue weighted by Gasteiger charge is 2.18. The number of methoxy groups -OCH3 is 1. The minimum atomic E-state index is -0.119. The average Bonchev–Trinajstić information content (AvgIpc) is 2.93. The number of likely N-dealkylation sites (tertiary alicyclic amines) is 1. The number of aromatic nitrogens is 1. The zero-order valence-corrected chi connectivity index (χ0v) is 16.5. The molecule has 2 aliphatic rings. The number of nitrogens with zero attached hydrogens (tertiary/aromatic N) is 2. The van der Waals surface area contributed by atoms with Crippen molar-refractivity contribution in [3.8, 4) is 5.75 Å². The molecule has 150 valence electrons. The molecule has 1 aliphatic heterocycles. The summed E-state index contributed by atoms with van der Waals surface area (Å²) in [6.07, 6.45) is 12.4. The van der Waals surface area contributed by atoms with Crippen LogP contribution in [0.3, 0.4) is 0 Å². The van der Waals surface area contributed by atoms with Crippen molar-refractivity contribution >= 4 is 5.91 Å². The van der Waals surface area contributed by atoms with Crippen molar-refractivity contribution in [2.75, 3.05) is 20.2 Å². The topological polar surface area (TPSA) is 63.6 Å². The molecule has 1 amide bonds. The minimum Gasteiger partial charge on any atom is -0.491 e. The van der Waals surface area contributed by atoms with Gasteiger partial charge in [0.1, 0.15) is 6.54 Å². The molecule has 1 aromatic heterocycles. The lowest BCUT2D eigenvalue weighted by molar-refractivity contribution is -0.122. The van der Waals surface area contributed by atoms with Crippen LogP contribution in [0, 0.1) is 0 Å². The van der Waals surface area contributed by atoms with Crippen molar-refractivity contribution in [1.29, 1.82) is 0 Å². The van der Waals surface area contributed by atoms with Crippen molar-refractivity contribution in [3.63, 3.8) is 0 Å². The molecule has 1 saturated carbocycles. The third kappa shape index (κ3) is 5.83. The Balaban J connectivity index is 1.72. The highest BCUT2D eigenvalue weighted by molar-refractivity contribution is 5.76. The van der Waals surface area contributed by atoms with Gasteiger partial charge in [0.05, 0.1) is 13.3 Å². The van der Waals surface area contributed by atoms with Crippen LogP contribution in [-0.2, 0) is 17.9 Å². The Kier molecular flexibility index (Phi) is 7.33. The van der Waals surface area contributed by atoms with E-state index >= 15 is 0 Å². The second-order valence-corrected chi connectivity index (χ2v) is 7.92. The number of carbonyl (C=O) groups excluding carboxylic acids is 1. The van der Waals surface area contributed by atoms with Crippen molar-refractivity contribution in [2.45, 2.75) is 76.9 Å². The molecule has 0 radical (unpaired) electrons. The first-order valence-electron chi connectivity index (χ1n) is 10.4. The molecule has 27 heavy (non-hydrogen) atoms. The van der Waals surface area contributed by atoms with Crippen molar-refractivity contribution in [3.05, 3.63) is 28.2 Å². The maximum Gasteiger partial charge on any atom is 0.240 e. The van der Waals surface area contributed by atoms with Crippen LogP contribution < -0.4 is 15.5 Å². The van der Waals surface area contributed by atoms with Gasteiger partial charge in [-0.25, -0.2) is 0 Å². The number of amides is 1. The summed E-state index contributed by atoms with van der Waals surface area (Å²) in [5, 5.41) is 3.17. The molecule has 1 aliphatic carbocycles. The number of carbonyl (C=O) groups is 1. The monoisotopic (exact) mass is 375 g/mol. The lowest BCUT2D eigenvalue weighted by Gasteiger charge is -2.25. The molecule has 0 unspecified atom stereocenters. The molecule has 1 N–H and O–H groups in total. The van der Waals surface area contributed by atoms with Gasteiger partial charge in [-0.15, -0.1) is 0 Å². The van der Waals surface area contributed by atoms with Gasteiger partial charge in [0.2, 0.25) is 11.3 Å². The fraction of sp³-hybridized carbons (Fsp3) is 0.714. The van der Waals surface area contributed by atoms with E-state index in [-0.39, 0.29) is 17.9 Å². The van der Waals surface area contributed by atoms with Crippen LogP contribution in [0.25, 0.3) is 0 Å². The summed E-state index contributed by atoms with van der Waals surface area (Å²) in [5.74, 6) is 0.310. The van der Waals surface area contributed by atoms with Crippen LogP contribution in [0.4, 0.5) is 0 Å². The lowest BCUT2D eigenvalue weighted by Crippen LogP contribution is -2.39. The van der Waals surface area contributed by atoms with E-state index in [4.69, 9.17) is 4.74 Å². The standard InChI is InChI=1S/C21H33N3O3/c1-27-20-15-24(16-21(26)22-17-9-5-4-6-10-17)18(13-19(20)25)14-23-11-7-2-3-8-12-23/h13,15,17H,2-12,14,16H2,1H3,(H,22,26). The van der Waals surface area contributed by atoms with Gasteiger partial charge >= 0.3 is 0 Å². The highest BCUT2D eigenvalue weighted by atomic mass is 16.5. The van der Waals surface area contributed by atoms with E-state index < -0.39 is 0 Å². The van der Waals surface area contributed by atoms with E-state index in [0.717, 1.165) is 31.6 Å². The second-order valence-electron chi connectivity index (χ2n) is 7.92. The lowest BCUT2D eigenvalue weighted by atomic mass is 9.95. The van der Waals surface area contributed by atoms with Gasteiger partial charge in [-0.2, -0.15) is 0 Å². The number of pyridine rings is 1. The van der Waals surface area contributed by atoms with Crippen LogP contribution >= 0.6 is 0 Å². The molecular weight excluding hydrogens is 342 g/mol. The van der Waals surface area contributed by atoms with E-state index in [1.165, 1.54) is 52.1 Å². The number of rotatable bonds is 6. The molecule has 6 heteroatoms. The molecule has 2 fully saturated rings. The highest BCUT2D eigenvalue weighted by Crippen LogP contribution is 2.18. The van der Waals surface area contributed by atoms with Gasteiger partial charge in [0.15, 0.2) is 5.75 Å². The predicted molar refractivity (Wildman–Crippen MR) is 106 cm³/mol. The fourth-order valence-electron chi connectivity index (χ4n) is 4.23. The summed E-state index contributed by atoms with van der Waals surface area (Å²) >= 11 is 0. The van der Waals surface area contributed by atoms with Gasteiger partial charge in [-0.05, 0) is 38.8 Å². The molecule has 3 rings (SSSR count). The Bertz CT molecular complexity index is 672. The minimum absolute atomic E-state index is 0.0183. The van der Waals surface area contributed by atoms with Gasteiger partial charge in [0, 0.05) is 24.3 Å². The molecule has 1 aromatic rings. The van der Waals surface area contributed by atoms with Gasteiger partial charge in [0.25, 0.3) is 0 Å². The van der Waals surface area contributed by atoms with Crippen LogP contribution in [0.2, 0.25) is 0 Å². The SMILES string of the molecule is COc1cn(CC(=O)NC2CCCCC2)c(CN2CCCCCC2)cc1=O. The first kappa shape index (κ1) is 19.9. The van der Waals surface area contributed by atoms with Crippen LogP contribution in [0.1, 0.15) is 63.5 Å². The van der Waals surface area contributed by atoms with Gasteiger partial charge < -0.3 is 14.6 Å². The normalized spacial score (nSPS) is 19.4. The maximum absolute atomic E-state index is 12.6. The van der Waals surface area contributed by atoms with E-state index in [0.29, 0.717) is 18.3 Å². The Morgan fingerprint density at radius 3 is 2.44 bits per heavy atom. The molecule has 2 heterocycles. The summed E-state index contributed by atoms with van der Waals surface area (Å²) in [5.41, 5.74) is 0.771. The number of hydrogen-bond donors (Lipinski definition) is 1. The van der Waals surface area contributed by atoms with Crippen LogP contribution in [-0.4, -0.2) is 41.6 Å². The third-order valence-corrected chi connectivity index (χ3v) is 5.77. The molecule has 6 nitrogen and oxygen atoms in total. The largest absolute Gasteiger partial charge is 0.491 e. The molecule has 0 atom stereocenters. The fourth-order valence-corrected chi connectivity index (χ4v) is 4.23. The van der Waals surface area contributed by atoms with E-state index in [2.05, 4.69) is 10.2 Å². The summed E-state index contributed by atoms with van der Waals surface area (Å²) in [6.45, 7) is 3.04. The number of nitrogens with one attached hydrogen (secondary N) is 1. The van der Waals surface area contributed by atoms with E-state index in [9.17, 15) is 9.59 Å². The van der Waals surface area contributed by atoms with Crippen LogP contribution in [0.5, 0.6) is 5.75 Å². The summed E-state index contributed by atoms with van der Waals surface area (Å²) < 4.78 is 7.10. The first-order valence-corrected chi connectivity index (χ1v) is 10.4. The smallest absolute Gasteiger partial charge is 0.240 e. The van der Waals surface area contributed by atoms with Crippen molar-refractivity contribution < 1.29 is 9.53 Å². The first-order chi connectivity index (χ1) is 13.2. The number of hydrogen-bond acceptors (Lipinski definition) is 4. The van der Waals surface area contributed by atoms with E-state index in [1.54, 1.807) is 12.3 Å². The molecule has 0 aromatic carbocycles. The Hall–Kier alpha value is -1.82. The van der Waals surface area contributed by atoms with Gasteiger partial charge in [-0.3, -0.25) is 14.5 Å². The number of ether oxygens (including phenoxy) is 1. The molecular formula is C21H33N3O3. The summed E-state index contributed by atoms with van der Waals surface area (Å²) in [7, 11) is 1.50. The van der Waals surface area contributed by atoms with Crippen molar-refractivity contribution in [2.24, 2.45) is 0 Å². The maximum atomic E-state index is 12.6. The average molecular weight is 376 g/mol. The Morgan fingerprint density at radius 2 is 1.78 bits per heavy atom. The third-order valence-electron chi connectivity index (χ3n) is 5.77. The van der Waals surface area contributed by atoms with Gasteiger partial charge in [-0.1, -0.05) is 32.1 Å². The molecule has 1 saturated heterocycles. The Labute approximate surface area is 161 Å². The summed E-state index contributed by atoms with van der Waals surface area (Å²) in [6, 6.07) is 1.93. The summed E-state index contributed by atoms with van der Waals surface area (Å²) in [4.78, 5) is 27.3. The zero-order chi connectivity index (χ0) is 19.1. The Morgan fingerprint density at radius 1 is 1.11 bits per heavy atom. The zero-order valence-electron chi connectivity index (χ0n) is 16.5.